The predicted molar refractivity (Wildman–Crippen MR) is 107 cm³/mol. The summed E-state index contributed by atoms with van der Waals surface area (Å²) in [5.41, 5.74) is 2.75. The molecule has 0 bridgehead atoms. The first-order valence-electron chi connectivity index (χ1n) is 8.89. The van der Waals surface area contributed by atoms with E-state index in [0.29, 0.717) is 17.4 Å². The highest BCUT2D eigenvalue weighted by atomic mass is 16.2. The number of aromatic nitrogens is 2. The van der Waals surface area contributed by atoms with Crippen molar-refractivity contribution < 1.29 is 4.79 Å². The molecular formula is C21H24N4O2. The van der Waals surface area contributed by atoms with Crippen molar-refractivity contribution in [1.29, 1.82) is 0 Å². The zero-order valence-corrected chi connectivity index (χ0v) is 15.8. The molecule has 140 valence electrons. The van der Waals surface area contributed by atoms with Gasteiger partial charge in [0.05, 0.1) is 23.3 Å². The number of hydrogen-bond donors (Lipinski definition) is 1. The second-order valence-electron chi connectivity index (χ2n) is 6.89. The molecule has 1 N–H and O–H groups in total. The van der Waals surface area contributed by atoms with Gasteiger partial charge in [0.2, 0.25) is 5.91 Å². The molecule has 0 aliphatic carbocycles. The van der Waals surface area contributed by atoms with Gasteiger partial charge < -0.3 is 10.2 Å². The van der Waals surface area contributed by atoms with E-state index in [1.807, 2.05) is 27.1 Å². The minimum absolute atomic E-state index is 0.0509. The Balaban J connectivity index is 1.69. The van der Waals surface area contributed by atoms with Crippen LogP contribution in [0.1, 0.15) is 17.2 Å². The highest BCUT2D eigenvalue weighted by molar-refractivity contribution is 5.78. The van der Waals surface area contributed by atoms with E-state index < -0.39 is 0 Å². The van der Waals surface area contributed by atoms with E-state index in [1.165, 1.54) is 16.5 Å². The van der Waals surface area contributed by atoms with Crippen LogP contribution in [0.3, 0.4) is 0 Å². The lowest BCUT2D eigenvalue weighted by atomic mass is 10.0. The van der Waals surface area contributed by atoms with Gasteiger partial charge in [-0.15, -0.1) is 0 Å². The molecule has 0 aliphatic heterocycles. The molecule has 1 amide bonds. The summed E-state index contributed by atoms with van der Waals surface area (Å²) in [7, 11) is 3.96. The highest BCUT2D eigenvalue weighted by Gasteiger charge is 2.16. The van der Waals surface area contributed by atoms with Gasteiger partial charge in [-0.05, 0) is 38.7 Å². The monoisotopic (exact) mass is 364 g/mol. The molecule has 1 unspecified atom stereocenters. The van der Waals surface area contributed by atoms with Gasteiger partial charge in [-0.1, -0.05) is 42.0 Å². The van der Waals surface area contributed by atoms with Crippen molar-refractivity contribution in [2.75, 3.05) is 20.6 Å². The molecule has 1 atom stereocenters. The summed E-state index contributed by atoms with van der Waals surface area (Å²) in [5.74, 6) is -0.215. The van der Waals surface area contributed by atoms with Gasteiger partial charge in [-0.25, -0.2) is 4.98 Å². The fourth-order valence-corrected chi connectivity index (χ4v) is 3.03. The number of nitrogens with zero attached hydrogens (tertiary/aromatic N) is 3. The van der Waals surface area contributed by atoms with Gasteiger partial charge in [-0.3, -0.25) is 14.2 Å². The van der Waals surface area contributed by atoms with Gasteiger partial charge in [0.15, 0.2) is 0 Å². The van der Waals surface area contributed by atoms with Crippen molar-refractivity contribution in [3.63, 3.8) is 0 Å². The normalized spacial score (nSPS) is 12.3. The lowest BCUT2D eigenvalue weighted by Crippen LogP contribution is -2.37. The summed E-state index contributed by atoms with van der Waals surface area (Å²) in [5, 5.41) is 3.45. The maximum atomic E-state index is 12.5. The highest BCUT2D eigenvalue weighted by Crippen LogP contribution is 2.17. The van der Waals surface area contributed by atoms with Crippen LogP contribution in [-0.4, -0.2) is 41.0 Å². The Morgan fingerprint density at radius 2 is 1.85 bits per heavy atom. The molecule has 0 spiro atoms. The molecule has 1 aromatic heterocycles. The van der Waals surface area contributed by atoms with Crippen molar-refractivity contribution in [3.05, 3.63) is 76.3 Å². The van der Waals surface area contributed by atoms with Crippen LogP contribution < -0.4 is 10.9 Å². The number of aryl methyl sites for hydroxylation is 1. The van der Waals surface area contributed by atoms with E-state index >= 15 is 0 Å². The molecule has 1 heterocycles. The Morgan fingerprint density at radius 1 is 1.15 bits per heavy atom. The van der Waals surface area contributed by atoms with E-state index in [-0.39, 0.29) is 24.1 Å². The number of fused-ring (bicyclic) bond motifs is 1. The Morgan fingerprint density at radius 3 is 2.56 bits per heavy atom. The van der Waals surface area contributed by atoms with Crippen LogP contribution in [0.25, 0.3) is 10.9 Å². The van der Waals surface area contributed by atoms with Crippen molar-refractivity contribution >= 4 is 16.8 Å². The van der Waals surface area contributed by atoms with Gasteiger partial charge in [0.25, 0.3) is 5.56 Å². The van der Waals surface area contributed by atoms with Crippen molar-refractivity contribution in [2.45, 2.75) is 19.5 Å². The lowest BCUT2D eigenvalue weighted by Gasteiger charge is -2.25. The number of rotatable bonds is 6. The number of amides is 1. The summed E-state index contributed by atoms with van der Waals surface area (Å²) in [6.45, 7) is 2.46. The zero-order chi connectivity index (χ0) is 19.4. The van der Waals surface area contributed by atoms with Crippen molar-refractivity contribution in [2.24, 2.45) is 0 Å². The van der Waals surface area contributed by atoms with E-state index in [2.05, 4.69) is 39.5 Å². The van der Waals surface area contributed by atoms with Gasteiger partial charge >= 0.3 is 0 Å². The molecule has 0 saturated heterocycles. The van der Waals surface area contributed by atoms with Crippen LogP contribution in [0.5, 0.6) is 0 Å². The van der Waals surface area contributed by atoms with Crippen LogP contribution in [0.4, 0.5) is 0 Å². The number of likely N-dealkylation sites (N-methyl/N-ethyl adjacent to an activating group) is 1. The number of nitrogens with one attached hydrogen (secondary N) is 1. The Bertz CT molecular complexity index is 993. The molecular weight excluding hydrogens is 340 g/mol. The maximum Gasteiger partial charge on any atom is 0.261 e. The minimum Gasteiger partial charge on any atom is -0.353 e. The second kappa shape index (κ2) is 8.14. The average molecular weight is 364 g/mol. The van der Waals surface area contributed by atoms with E-state index in [9.17, 15) is 9.59 Å². The second-order valence-corrected chi connectivity index (χ2v) is 6.89. The number of carbonyl (C=O) groups excluding carboxylic acids is 1. The van der Waals surface area contributed by atoms with E-state index in [4.69, 9.17) is 0 Å². The van der Waals surface area contributed by atoms with Gasteiger partial charge in [0.1, 0.15) is 6.54 Å². The summed E-state index contributed by atoms with van der Waals surface area (Å²) < 4.78 is 1.34. The van der Waals surface area contributed by atoms with Crippen molar-refractivity contribution in [3.8, 4) is 0 Å². The average Bonchev–Trinajstić information content (AvgIpc) is 2.65. The summed E-state index contributed by atoms with van der Waals surface area (Å²) >= 11 is 0. The molecule has 3 aromatic rings. The Hall–Kier alpha value is -2.99. The Labute approximate surface area is 158 Å². The Kier molecular flexibility index (Phi) is 5.66. The van der Waals surface area contributed by atoms with Crippen molar-refractivity contribution in [1.82, 2.24) is 19.8 Å². The quantitative estimate of drug-likeness (QED) is 0.728. The lowest BCUT2D eigenvalue weighted by molar-refractivity contribution is -0.121. The van der Waals surface area contributed by atoms with Crippen LogP contribution in [0.2, 0.25) is 0 Å². The molecule has 0 radical (unpaired) electrons. The predicted octanol–water partition coefficient (Wildman–Crippen LogP) is 2.12. The van der Waals surface area contributed by atoms with Gasteiger partial charge in [0, 0.05) is 6.54 Å². The number of hydrogen-bond acceptors (Lipinski definition) is 4. The molecule has 3 rings (SSSR count). The fourth-order valence-electron chi connectivity index (χ4n) is 3.03. The topological polar surface area (TPSA) is 67.2 Å². The first kappa shape index (κ1) is 18.8. The molecule has 2 aromatic carbocycles. The third-order valence-electron chi connectivity index (χ3n) is 4.62. The van der Waals surface area contributed by atoms with Crippen LogP contribution in [-0.2, 0) is 11.3 Å². The number of benzene rings is 2. The van der Waals surface area contributed by atoms with E-state index in [0.717, 1.165) is 5.56 Å². The molecule has 0 saturated carbocycles. The standard InChI is InChI=1S/C21H24N4O2/c1-15-8-10-16(11-9-15)19(24(2)3)12-22-20(26)13-25-14-23-18-7-5-4-6-17(18)21(25)27/h4-11,14,19H,12-13H2,1-3H3,(H,22,26). The number of para-hydroxylation sites is 1. The number of carbonyl (C=O) groups is 1. The molecule has 0 aliphatic rings. The third kappa shape index (κ3) is 4.41. The zero-order valence-electron chi connectivity index (χ0n) is 15.8. The maximum absolute atomic E-state index is 12.5. The minimum atomic E-state index is -0.215. The molecule has 6 heteroatoms. The first-order chi connectivity index (χ1) is 13.0. The third-order valence-corrected chi connectivity index (χ3v) is 4.62. The smallest absolute Gasteiger partial charge is 0.261 e. The van der Waals surface area contributed by atoms with Crippen LogP contribution >= 0.6 is 0 Å². The summed E-state index contributed by atoms with van der Waals surface area (Å²) in [4.78, 5) is 31.2. The molecule has 6 nitrogen and oxygen atoms in total. The van der Waals surface area contributed by atoms with Crippen LogP contribution in [0, 0.1) is 6.92 Å². The summed E-state index contributed by atoms with van der Waals surface area (Å²) in [6.07, 6.45) is 1.42. The largest absolute Gasteiger partial charge is 0.353 e. The first-order valence-corrected chi connectivity index (χ1v) is 8.89. The molecule has 0 fully saturated rings. The van der Waals surface area contributed by atoms with Crippen LogP contribution in [0.15, 0.2) is 59.7 Å². The summed E-state index contributed by atoms with van der Waals surface area (Å²) in [6, 6.07) is 15.5. The van der Waals surface area contributed by atoms with Gasteiger partial charge in [-0.2, -0.15) is 0 Å². The van der Waals surface area contributed by atoms with E-state index in [1.54, 1.807) is 18.2 Å². The molecule has 27 heavy (non-hydrogen) atoms. The fraction of sp³-hybridized carbons (Fsp3) is 0.286. The SMILES string of the molecule is Cc1ccc(C(CNC(=O)Cn2cnc3ccccc3c2=O)N(C)C)cc1.